The Morgan fingerprint density at radius 3 is 2.52 bits per heavy atom. The summed E-state index contributed by atoms with van der Waals surface area (Å²) < 4.78 is 76.2. The van der Waals surface area contributed by atoms with Crippen LogP contribution >= 0.6 is 0 Å². The Labute approximate surface area is 283 Å². The highest BCUT2D eigenvalue weighted by Gasteiger charge is 2.31. The molecule has 1 aromatic heterocycles. The largest absolute Gasteiger partial charge is 0.495 e. The monoisotopic (exact) mass is 700 g/mol. The van der Waals surface area contributed by atoms with Crippen molar-refractivity contribution in [2.24, 2.45) is 5.92 Å². The maximum atomic E-state index is 14.6. The average Bonchev–Trinajstić information content (AvgIpc) is 3.41. The normalized spacial score (nSPS) is 19.3. The lowest BCUT2D eigenvalue weighted by Gasteiger charge is -2.31. The second-order valence-electron chi connectivity index (χ2n) is 12.4. The molecular formula is C35H42F2N4O5S2. The van der Waals surface area contributed by atoms with E-state index in [0.717, 1.165) is 23.9 Å². The molecule has 0 radical (unpaired) electrons. The molecule has 3 aromatic rings. The molecule has 2 aromatic carbocycles. The van der Waals surface area contributed by atoms with Crippen molar-refractivity contribution in [1.82, 2.24) is 8.87 Å². The maximum Gasteiger partial charge on any atom is 0.283 e. The zero-order valence-corrected chi connectivity index (χ0v) is 28.9. The molecule has 2 saturated heterocycles. The Balaban J connectivity index is 1.32. The number of alkyl halides is 2. The molecule has 2 aliphatic heterocycles. The second-order valence-corrected chi connectivity index (χ2v) is 16.0. The number of benzene rings is 2. The van der Waals surface area contributed by atoms with Crippen LogP contribution in [0.2, 0.25) is 0 Å². The van der Waals surface area contributed by atoms with E-state index in [2.05, 4.69) is 29.1 Å². The van der Waals surface area contributed by atoms with Gasteiger partial charge in [-0.2, -0.15) is 4.31 Å². The van der Waals surface area contributed by atoms with Gasteiger partial charge in [-0.3, -0.25) is 4.21 Å². The van der Waals surface area contributed by atoms with E-state index in [0.29, 0.717) is 72.6 Å². The van der Waals surface area contributed by atoms with Gasteiger partial charge in [-0.25, -0.2) is 17.2 Å². The zero-order chi connectivity index (χ0) is 34.5. The Morgan fingerprint density at radius 2 is 1.85 bits per heavy atom. The minimum atomic E-state index is -3.75. The van der Waals surface area contributed by atoms with Crippen LogP contribution in [-0.4, -0.2) is 77.5 Å². The fourth-order valence-electron chi connectivity index (χ4n) is 6.28. The number of methoxy groups -OCH3 is 1. The summed E-state index contributed by atoms with van der Waals surface area (Å²) in [4.78, 5) is 11.6. The first-order valence-electron chi connectivity index (χ1n) is 16.1. The predicted octanol–water partition coefficient (Wildman–Crippen LogP) is 5.64. The smallest absolute Gasteiger partial charge is 0.283 e. The summed E-state index contributed by atoms with van der Waals surface area (Å²) in [6.45, 7) is 5.08. The number of fused-ring (bicyclic) bond motifs is 1. The van der Waals surface area contributed by atoms with Gasteiger partial charge in [-0.15, -0.1) is 0 Å². The number of hydrogen-bond acceptors (Lipinski definition) is 7. The van der Waals surface area contributed by atoms with Crippen molar-refractivity contribution < 1.29 is 30.9 Å². The molecule has 13 heteroatoms. The van der Waals surface area contributed by atoms with Crippen molar-refractivity contribution in [2.75, 3.05) is 48.9 Å². The molecule has 0 saturated carbocycles. The molecule has 2 N–H and O–H groups in total. The van der Waals surface area contributed by atoms with Crippen LogP contribution in [0, 0.1) is 17.8 Å². The molecule has 2 aliphatic rings. The van der Waals surface area contributed by atoms with Gasteiger partial charge in [-0.1, -0.05) is 18.6 Å². The number of halogens is 2. The lowest BCUT2D eigenvalue weighted by molar-refractivity contribution is -0.118. The molecule has 258 valence electrons. The van der Waals surface area contributed by atoms with Gasteiger partial charge in [0.25, 0.3) is 5.92 Å². The van der Waals surface area contributed by atoms with E-state index in [4.69, 9.17) is 4.74 Å². The highest BCUT2D eigenvalue weighted by Crippen LogP contribution is 2.33. The molecule has 0 unspecified atom stereocenters. The van der Waals surface area contributed by atoms with E-state index in [9.17, 15) is 26.2 Å². The third kappa shape index (κ3) is 8.46. The Hall–Kier alpha value is -3.73. The Bertz CT molecular complexity index is 1850. The van der Waals surface area contributed by atoms with Gasteiger partial charge in [0.2, 0.25) is 10.0 Å². The van der Waals surface area contributed by atoms with Gasteiger partial charge >= 0.3 is 0 Å². The fourth-order valence-corrected chi connectivity index (χ4v) is 9.06. The number of piperidine rings is 1. The number of rotatable bonds is 12. The van der Waals surface area contributed by atoms with Crippen LogP contribution in [0.25, 0.3) is 10.9 Å². The number of ketones is 1. The van der Waals surface area contributed by atoms with Gasteiger partial charge in [0, 0.05) is 65.0 Å². The number of anilines is 2. The molecule has 0 atom stereocenters. The van der Waals surface area contributed by atoms with Crippen LogP contribution < -0.4 is 15.4 Å². The molecule has 9 nitrogen and oxygen atoms in total. The summed E-state index contributed by atoms with van der Waals surface area (Å²) in [7, 11) is -3.10. The number of ether oxygens (including phenoxy) is 1. The third-order valence-corrected chi connectivity index (χ3v) is 12.2. The fraction of sp³-hybridized carbons (Fsp3) is 0.457. The highest BCUT2D eigenvalue weighted by atomic mass is 32.2. The highest BCUT2D eigenvalue weighted by molar-refractivity contribution is 7.89. The van der Waals surface area contributed by atoms with Crippen LogP contribution in [0.4, 0.5) is 20.2 Å². The number of nitrogens with one attached hydrogen (secondary N) is 2. The number of hydrogen-bond donors (Lipinski definition) is 2. The van der Waals surface area contributed by atoms with Crippen LogP contribution in [0.5, 0.6) is 5.75 Å². The summed E-state index contributed by atoms with van der Waals surface area (Å²) in [6, 6.07) is 12.1. The van der Waals surface area contributed by atoms with Crippen molar-refractivity contribution in [3.63, 3.8) is 0 Å². The second kappa shape index (κ2) is 15.2. The predicted molar refractivity (Wildman–Crippen MR) is 187 cm³/mol. The van der Waals surface area contributed by atoms with Crippen molar-refractivity contribution in [1.29, 1.82) is 0 Å². The van der Waals surface area contributed by atoms with Crippen LogP contribution in [0.1, 0.15) is 44.7 Å². The molecule has 2 fully saturated rings. The van der Waals surface area contributed by atoms with Crippen molar-refractivity contribution in [2.45, 2.75) is 62.4 Å². The van der Waals surface area contributed by atoms with Crippen LogP contribution in [0.3, 0.4) is 0 Å². The van der Waals surface area contributed by atoms with E-state index >= 15 is 0 Å². The summed E-state index contributed by atoms with van der Waals surface area (Å²) in [5, 5.41) is 7.43. The first-order chi connectivity index (χ1) is 22.9. The number of carbonyl (C=O) groups excluding carboxylic acids is 1. The molecule has 0 amide bonds. The first kappa shape index (κ1) is 35.6. The number of sulfonamides is 1. The standard InChI is InChI=1S/C35H42F2N4O5S2/c1-4-35(36,37)24-41-28(22-30-31(8-5-9-33(30)41)39-27-14-19-47(43)20-15-27)7-6-16-38-32-11-10-29(23-34(32)46-3)48(44,45)40-17-12-26(13-18-40)21-25(2)42/h4-5,8-11,22-23,26-27,38-39H,1,12-21,24H2,2-3H3. The third-order valence-electron chi connectivity index (χ3n) is 8.91. The minimum Gasteiger partial charge on any atom is -0.495 e. The van der Waals surface area contributed by atoms with Gasteiger partial charge in [0.05, 0.1) is 42.0 Å². The SMILES string of the molecule is C=CC(F)(F)Cn1c(C#CCNc2ccc(S(=O)(=O)N3CCC(CC(C)=O)CC3)cc2OC)cc2c(NC3CCS(=O)CC3)cccc21. The number of Topliss-reactive ketones (excluding diaryl/α,β-unsaturated/α-hetero) is 1. The summed E-state index contributed by atoms with van der Waals surface area (Å²) in [5.41, 5.74) is 2.37. The van der Waals surface area contributed by atoms with Crippen molar-refractivity contribution in [3.05, 3.63) is 60.8 Å². The van der Waals surface area contributed by atoms with Gasteiger partial charge in [0.1, 0.15) is 11.5 Å². The van der Waals surface area contributed by atoms with E-state index in [1.807, 2.05) is 12.1 Å². The number of aromatic nitrogens is 1. The van der Waals surface area contributed by atoms with E-state index in [1.165, 1.54) is 28.1 Å². The summed E-state index contributed by atoms with van der Waals surface area (Å²) >= 11 is 0. The lowest BCUT2D eigenvalue weighted by atomic mass is 9.93. The van der Waals surface area contributed by atoms with E-state index in [-0.39, 0.29) is 29.2 Å². The summed E-state index contributed by atoms with van der Waals surface area (Å²) in [6.07, 6.45) is 3.92. The van der Waals surface area contributed by atoms with Gasteiger partial charge in [-0.05, 0) is 80.9 Å². The minimum absolute atomic E-state index is 0.111. The van der Waals surface area contributed by atoms with Gasteiger partial charge < -0.3 is 24.7 Å². The van der Waals surface area contributed by atoms with Gasteiger partial charge in [0.15, 0.2) is 0 Å². The van der Waals surface area contributed by atoms with E-state index < -0.39 is 33.3 Å². The molecule has 48 heavy (non-hydrogen) atoms. The quantitative estimate of drug-likeness (QED) is 0.186. The van der Waals surface area contributed by atoms with Crippen molar-refractivity contribution in [3.8, 4) is 17.6 Å². The first-order valence-corrected chi connectivity index (χ1v) is 19.0. The zero-order valence-electron chi connectivity index (χ0n) is 27.3. The maximum absolute atomic E-state index is 14.6. The molecule has 5 rings (SSSR count). The van der Waals surface area contributed by atoms with E-state index in [1.54, 1.807) is 25.1 Å². The number of nitrogens with zero attached hydrogens (tertiary/aromatic N) is 2. The Kier molecular flexibility index (Phi) is 11.3. The number of carbonyl (C=O) groups is 1. The average molecular weight is 701 g/mol. The topological polar surface area (TPSA) is 110 Å². The molecule has 3 heterocycles. The lowest BCUT2D eigenvalue weighted by Crippen LogP contribution is -2.38. The van der Waals surface area contributed by atoms with Crippen LogP contribution in [0.15, 0.2) is 60.0 Å². The van der Waals surface area contributed by atoms with Crippen molar-refractivity contribution >= 4 is 48.9 Å². The molecular weight excluding hydrogens is 659 g/mol. The molecule has 0 spiro atoms. The van der Waals surface area contributed by atoms with Crippen LogP contribution in [-0.2, 0) is 32.2 Å². The molecule has 0 bridgehead atoms. The number of allylic oxidation sites excluding steroid dienone is 1. The summed E-state index contributed by atoms with van der Waals surface area (Å²) in [5.74, 6) is 4.80. The Morgan fingerprint density at radius 1 is 1.12 bits per heavy atom. The molecule has 0 aliphatic carbocycles.